The van der Waals surface area contributed by atoms with Gasteiger partial charge in [-0.2, -0.15) is 0 Å². The van der Waals surface area contributed by atoms with Crippen LogP contribution in [0.5, 0.6) is 0 Å². The minimum Gasteiger partial charge on any atom is -0.396 e. The molecule has 1 aliphatic rings. The Morgan fingerprint density at radius 1 is 1.32 bits per heavy atom. The van der Waals surface area contributed by atoms with E-state index in [1.54, 1.807) is 7.05 Å². The summed E-state index contributed by atoms with van der Waals surface area (Å²) in [6, 6.07) is -0.667. The molecule has 2 heterocycles. The van der Waals surface area contributed by atoms with Gasteiger partial charge in [0.1, 0.15) is 11.9 Å². The molecule has 0 saturated carbocycles. The fourth-order valence-electron chi connectivity index (χ4n) is 3.34. The molecule has 0 fully saturated rings. The van der Waals surface area contributed by atoms with Gasteiger partial charge in [-0.3, -0.25) is 9.59 Å². The van der Waals surface area contributed by atoms with Crippen LogP contribution in [0.15, 0.2) is 6.08 Å². The number of hydrogen-bond donors (Lipinski definition) is 3. The van der Waals surface area contributed by atoms with E-state index in [0.29, 0.717) is 24.5 Å². The molecule has 0 aliphatic carbocycles. The molecule has 0 unspecified atom stereocenters. The number of likely N-dealkylation sites (N-methyl/N-ethyl adjacent to an activating group) is 1. The maximum atomic E-state index is 13.1. The summed E-state index contributed by atoms with van der Waals surface area (Å²) in [7, 11) is 3.59. The molecule has 1 aromatic heterocycles. The van der Waals surface area contributed by atoms with Gasteiger partial charge in [0.15, 0.2) is 5.69 Å². The Hall–Kier alpha value is -2.19. The Morgan fingerprint density at radius 2 is 2.04 bits per heavy atom. The van der Waals surface area contributed by atoms with Crippen molar-refractivity contribution in [2.45, 2.75) is 52.7 Å². The first-order valence-corrected chi connectivity index (χ1v) is 9.76. The molecular weight excluding hydrogens is 358 g/mol. The van der Waals surface area contributed by atoms with Gasteiger partial charge in [0.2, 0.25) is 5.91 Å². The zero-order valence-corrected chi connectivity index (χ0v) is 17.6. The molecule has 1 aromatic rings. The summed E-state index contributed by atoms with van der Waals surface area (Å²) in [5.41, 5.74) is 0.772. The van der Waals surface area contributed by atoms with Gasteiger partial charge in [0.05, 0.1) is 5.69 Å². The second kappa shape index (κ2) is 9.34. The standard InChI is InChI=1S/C20H33N5O3/c1-20(2,3)17(19(28)21-4)23-18(27)16-14-13-24(5)10-8-11-25(14)15(22-16)9-6-7-12-26/h6,9,17,26H,7-8,10-13H2,1-5H3,(H,21,28)(H,23,27)/t17-/m1/s1. The van der Waals surface area contributed by atoms with Crippen molar-refractivity contribution in [2.24, 2.45) is 5.41 Å². The molecule has 2 amide bonds. The van der Waals surface area contributed by atoms with Crippen molar-refractivity contribution in [3.8, 4) is 0 Å². The number of imidazole rings is 1. The number of nitrogens with one attached hydrogen (secondary N) is 2. The fourth-order valence-corrected chi connectivity index (χ4v) is 3.34. The normalized spacial score (nSPS) is 16.5. The molecule has 2 rings (SSSR count). The Bertz CT molecular complexity index is 733. The number of aliphatic hydroxyl groups is 1. The molecule has 0 aromatic carbocycles. The van der Waals surface area contributed by atoms with Crippen LogP contribution < -0.4 is 10.6 Å². The molecule has 3 N–H and O–H groups in total. The van der Waals surface area contributed by atoms with E-state index in [4.69, 9.17) is 5.11 Å². The lowest BCUT2D eigenvalue weighted by Crippen LogP contribution is -2.53. The molecule has 28 heavy (non-hydrogen) atoms. The van der Waals surface area contributed by atoms with Crippen molar-refractivity contribution in [1.29, 1.82) is 0 Å². The van der Waals surface area contributed by atoms with Crippen molar-refractivity contribution in [1.82, 2.24) is 25.1 Å². The van der Waals surface area contributed by atoms with Gasteiger partial charge in [-0.25, -0.2) is 4.98 Å². The van der Waals surface area contributed by atoms with E-state index in [1.165, 1.54) is 0 Å². The van der Waals surface area contributed by atoms with Crippen molar-refractivity contribution >= 4 is 17.9 Å². The van der Waals surface area contributed by atoms with Gasteiger partial charge in [-0.05, 0) is 37.9 Å². The van der Waals surface area contributed by atoms with Crippen LogP contribution in [0.3, 0.4) is 0 Å². The van der Waals surface area contributed by atoms with Crippen molar-refractivity contribution in [3.63, 3.8) is 0 Å². The Kier molecular flexibility index (Phi) is 7.37. The fraction of sp³-hybridized carbons (Fsp3) is 0.650. The Morgan fingerprint density at radius 3 is 2.64 bits per heavy atom. The van der Waals surface area contributed by atoms with Crippen LogP contribution in [0.2, 0.25) is 0 Å². The number of carbonyl (C=O) groups excluding carboxylic acids is 2. The quantitative estimate of drug-likeness (QED) is 0.672. The van der Waals surface area contributed by atoms with Crippen molar-refractivity contribution < 1.29 is 14.7 Å². The molecule has 8 nitrogen and oxygen atoms in total. The van der Waals surface area contributed by atoms with Gasteiger partial charge >= 0.3 is 0 Å². The predicted molar refractivity (Wildman–Crippen MR) is 109 cm³/mol. The van der Waals surface area contributed by atoms with Gasteiger partial charge < -0.3 is 25.2 Å². The summed E-state index contributed by atoms with van der Waals surface area (Å²) < 4.78 is 2.07. The number of amides is 2. The molecule has 0 spiro atoms. The van der Waals surface area contributed by atoms with Crippen LogP contribution in [-0.2, 0) is 17.9 Å². The zero-order valence-electron chi connectivity index (χ0n) is 17.6. The van der Waals surface area contributed by atoms with E-state index < -0.39 is 11.5 Å². The summed E-state index contributed by atoms with van der Waals surface area (Å²) in [6.45, 7) is 8.14. The number of nitrogens with zero attached hydrogens (tertiary/aromatic N) is 3. The third kappa shape index (κ3) is 5.20. The van der Waals surface area contributed by atoms with Crippen LogP contribution in [0.4, 0.5) is 0 Å². The number of aromatic nitrogens is 2. The highest BCUT2D eigenvalue weighted by atomic mass is 16.2. The highest BCUT2D eigenvalue weighted by Gasteiger charge is 2.34. The first kappa shape index (κ1) is 22.1. The average Bonchev–Trinajstić information content (AvgIpc) is 2.83. The van der Waals surface area contributed by atoms with Crippen LogP contribution >= 0.6 is 0 Å². The molecule has 0 bridgehead atoms. The maximum Gasteiger partial charge on any atom is 0.272 e. The Balaban J connectivity index is 2.40. The van der Waals surface area contributed by atoms with Gasteiger partial charge in [0.25, 0.3) is 5.91 Å². The topological polar surface area (TPSA) is 99.5 Å². The molecule has 8 heteroatoms. The summed E-state index contributed by atoms with van der Waals surface area (Å²) in [6.07, 6.45) is 5.20. The van der Waals surface area contributed by atoms with Crippen LogP contribution in [-0.4, -0.2) is 64.7 Å². The highest BCUT2D eigenvalue weighted by molar-refractivity contribution is 5.97. The van der Waals surface area contributed by atoms with Gasteiger partial charge in [0, 0.05) is 26.7 Å². The second-order valence-corrected chi connectivity index (χ2v) is 8.31. The first-order valence-electron chi connectivity index (χ1n) is 9.76. The van der Waals surface area contributed by atoms with Crippen molar-refractivity contribution in [3.05, 3.63) is 23.3 Å². The highest BCUT2D eigenvalue weighted by Crippen LogP contribution is 2.23. The number of carbonyl (C=O) groups is 2. The number of fused-ring (bicyclic) bond motifs is 1. The largest absolute Gasteiger partial charge is 0.396 e. The smallest absolute Gasteiger partial charge is 0.272 e. The monoisotopic (exact) mass is 391 g/mol. The third-order valence-corrected chi connectivity index (χ3v) is 4.87. The van der Waals surface area contributed by atoms with Crippen molar-refractivity contribution in [2.75, 3.05) is 27.2 Å². The summed E-state index contributed by atoms with van der Waals surface area (Å²) >= 11 is 0. The lowest BCUT2D eigenvalue weighted by Gasteiger charge is -2.29. The van der Waals surface area contributed by atoms with E-state index in [-0.39, 0.29) is 18.4 Å². The van der Waals surface area contributed by atoms with Crippen LogP contribution in [0.25, 0.3) is 6.08 Å². The van der Waals surface area contributed by atoms with Crippen LogP contribution in [0, 0.1) is 5.41 Å². The SMILES string of the molecule is CNC(=O)[C@@H](NC(=O)c1nc(C=CCCO)n2c1CN(C)CCC2)C(C)(C)C. The van der Waals surface area contributed by atoms with E-state index in [9.17, 15) is 9.59 Å². The number of aliphatic hydroxyl groups excluding tert-OH is 1. The summed E-state index contributed by atoms with van der Waals surface area (Å²) in [4.78, 5) is 32.2. The first-order chi connectivity index (χ1) is 13.2. The summed E-state index contributed by atoms with van der Waals surface area (Å²) in [5, 5.41) is 14.5. The lowest BCUT2D eigenvalue weighted by atomic mass is 9.86. The van der Waals surface area contributed by atoms with Gasteiger partial charge in [-0.15, -0.1) is 0 Å². The average molecular weight is 392 g/mol. The Labute approximate surface area is 167 Å². The predicted octanol–water partition coefficient (Wildman–Crippen LogP) is 1.00. The molecular formula is C20H33N5O3. The molecule has 0 radical (unpaired) electrons. The maximum absolute atomic E-state index is 13.1. The second-order valence-electron chi connectivity index (χ2n) is 8.31. The minimum absolute atomic E-state index is 0.0690. The van der Waals surface area contributed by atoms with Crippen LogP contribution in [0.1, 0.15) is 55.6 Å². The molecule has 1 atom stereocenters. The zero-order chi connectivity index (χ0) is 20.9. The third-order valence-electron chi connectivity index (χ3n) is 4.87. The van der Waals surface area contributed by atoms with E-state index in [0.717, 1.165) is 25.2 Å². The van der Waals surface area contributed by atoms with E-state index in [1.807, 2.05) is 40.0 Å². The number of rotatable bonds is 6. The molecule has 1 aliphatic heterocycles. The van der Waals surface area contributed by atoms with E-state index in [2.05, 4.69) is 25.1 Å². The summed E-state index contributed by atoms with van der Waals surface area (Å²) in [5.74, 6) is 0.131. The molecule has 0 saturated heterocycles. The number of hydrogen-bond acceptors (Lipinski definition) is 5. The minimum atomic E-state index is -0.667. The van der Waals surface area contributed by atoms with Gasteiger partial charge in [-0.1, -0.05) is 26.8 Å². The van der Waals surface area contributed by atoms with E-state index >= 15 is 0 Å². The lowest BCUT2D eigenvalue weighted by molar-refractivity contribution is -0.124. The molecule has 156 valence electrons.